The van der Waals surface area contributed by atoms with Crippen molar-refractivity contribution in [3.63, 3.8) is 0 Å². The van der Waals surface area contributed by atoms with Crippen molar-refractivity contribution in [2.45, 2.75) is 6.10 Å². The van der Waals surface area contributed by atoms with E-state index in [4.69, 9.17) is 16.3 Å². The van der Waals surface area contributed by atoms with Crippen LogP contribution in [0.2, 0.25) is 4.34 Å². The number of nitrogens with zero attached hydrogens (tertiary/aromatic N) is 2. The number of anilines is 2. The van der Waals surface area contributed by atoms with E-state index in [2.05, 4.69) is 10.6 Å². The zero-order chi connectivity index (χ0) is 20.4. The fourth-order valence-corrected chi connectivity index (χ4v) is 4.22. The first-order chi connectivity index (χ1) is 14.0. The Morgan fingerprint density at radius 3 is 2.55 bits per heavy atom. The number of thiophene rings is 1. The highest BCUT2D eigenvalue weighted by molar-refractivity contribution is 7.18. The molecule has 0 spiro atoms. The van der Waals surface area contributed by atoms with Crippen LogP contribution >= 0.6 is 22.9 Å². The van der Waals surface area contributed by atoms with Gasteiger partial charge < -0.3 is 20.3 Å². The van der Waals surface area contributed by atoms with Crippen LogP contribution in [0.4, 0.5) is 16.2 Å². The molecule has 1 atom stereocenters. The summed E-state index contributed by atoms with van der Waals surface area (Å²) in [7, 11) is 0. The molecule has 0 saturated carbocycles. The minimum atomic E-state index is -0.464. The molecule has 0 radical (unpaired) electrons. The molecule has 2 aromatic rings. The van der Waals surface area contributed by atoms with Gasteiger partial charge >= 0.3 is 6.09 Å². The third-order valence-electron chi connectivity index (χ3n) is 4.72. The van der Waals surface area contributed by atoms with Gasteiger partial charge in [0.05, 0.1) is 28.8 Å². The molecule has 1 aromatic heterocycles. The van der Waals surface area contributed by atoms with Crippen molar-refractivity contribution in [1.29, 1.82) is 0 Å². The second kappa shape index (κ2) is 8.40. The van der Waals surface area contributed by atoms with E-state index in [9.17, 15) is 14.4 Å². The Labute approximate surface area is 176 Å². The van der Waals surface area contributed by atoms with E-state index in [1.54, 1.807) is 29.2 Å². The largest absolute Gasteiger partial charge is 0.442 e. The second-order valence-electron chi connectivity index (χ2n) is 6.67. The Bertz CT molecular complexity index is 933. The van der Waals surface area contributed by atoms with Gasteiger partial charge in [-0.25, -0.2) is 4.79 Å². The number of nitrogens with one attached hydrogen (secondary N) is 2. The van der Waals surface area contributed by atoms with Gasteiger partial charge in [-0.15, -0.1) is 11.3 Å². The molecule has 2 N–H and O–H groups in total. The number of hydrogen-bond donors (Lipinski definition) is 2. The fourth-order valence-electron chi connectivity index (χ4n) is 3.26. The van der Waals surface area contributed by atoms with Crippen molar-refractivity contribution in [3.8, 4) is 0 Å². The van der Waals surface area contributed by atoms with Gasteiger partial charge in [-0.1, -0.05) is 11.6 Å². The van der Waals surface area contributed by atoms with Crippen LogP contribution in [-0.2, 0) is 9.53 Å². The lowest BCUT2D eigenvalue weighted by Crippen LogP contribution is -2.48. The molecule has 2 aliphatic heterocycles. The molecule has 0 aliphatic carbocycles. The lowest BCUT2D eigenvalue weighted by Gasteiger charge is -2.27. The molecule has 8 nitrogen and oxygen atoms in total. The number of carbonyl (C=O) groups excluding carboxylic acids is 3. The van der Waals surface area contributed by atoms with Gasteiger partial charge in [0.2, 0.25) is 5.91 Å². The van der Waals surface area contributed by atoms with Crippen LogP contribution in [0.5, 0.6) is 0 Å². The number of benzene rings is 1. The maximum absolute atomic E-state index is 12.2. The van der Waals surface area contributed by atoms with Gasteiger partial charge in [0, 0.05) is 24.5 Å². The van der Waals surface area contributed by atoms with Crippen LogP contribution in [0.3, 0.4) is 0 Å². The van der Waals surface area contributed by atoms with Gasteiger partial charge in [0.25, 0.3) is 5.91 Å². The van der Waals surface area contributed by atoms with Crippen LogP contribution < -0.4 is 20.4 Å². The Hall–Kier alpha value is -2.62. The molecule has 10 heteroatoms. The number of ether oxygens (including phenoxy) is 1. The summed E-state index contributed by atoms with van der Waals surface area (Å²) < 4.78 is 5.90. The van der Waals surface area contributed by atoms with Crippen LogP contribution in [0, 0.1) is 0 Å². The zero-order valence-electron chi connectivity index (χ0n) is 15.4. The van der Waals surface area contributed by atoms with Crippen LogP contribution in [0.1, 0.15) is 9.67 Å². The van der Waals surface area contributed by atoms with E-state index in [0.717, 1.165) is 12.2 Å². The number of cyclic esters (lactones) is 1. The van der Waals surface area contributed by atoms with Gasteiger partial charge in [0.15, 0.2) is 0 Å². The molecule has 3 heterocycles. The lowest BCUT2D eigenvalue weighted by molar-refractivity contribution is -0.118. The van der Waals surface area contributed by atoms with E-state index < -0.39 is 12.2 Å². The average molecular weight is 435 g/mol. The minimum absolute atomic E-state index is 0.0208. The summed E-state index contributed by atoms with van der Waals surface area (Å²) in [6.07, 6.45) is -0.911. The van der Waals surface area contributed by atoms with Crippen LogP contribution in [0.15, 0.2) is 36.4 Å². The fraction of sp³-hybridized carbons (Fsp3) is 0.316. The summed E-state index contributed by atoms with van der Waals surface area (Å²) in [5, 5.41) is 5.80. The molecule has 29 heavy (non-hydrogen) atoms. The molecule has 4 rings (SSSR count). The lowest BCUT2D eigenvalue weighted by atomic mass is 10.2. The van der Waals surface area contributed by atoms with Crippen molar-refractivity contribution in [2.75, 3.05) is 42.5 Å². The first kappa shape index (κ1) is 19.7. The smallest absolute Gasteiger partial charge is 0.414 e. The van der Waals surface area contributed by atoms with E-state index in [-0.39, 0.29) is 18.4 Å². The monoisotopic (exact) mass is 434 g/mol. The maximum Gasteiger partial charge on any atom is 0.414 e. The zero-order valence-corrected chi connectivity index (χ0v) is 17.0. The predicted molar refractivity (Wildman–Crippen MR) is 111 cm³/mol. The second-order valence-corrected chi connectivity index (χ2v) is 8.38. The number of hydrogen-bond acceptors (Lipinski definition) is 6. The van der Waals surface area contributed by atoms with E-state index >= 15 is 0 Å². The van der Waals surface area contributed by atoms with E-state index in [1.165, 1.54) is 16.2 Å². The van der Waals surface area contributed by atoms with Gasteiger partial charge in [-0.3, -0.25) is 14.5 Å². The van der Waals surface area contributed by atoms with Crippen molar-refractivity contribution in [3.05, 3.63) is 45.6 Å². The average Bonchev–Trinajstić information content (AvgIpc) is 3.32. The summed E-state index contributed by atoms with van der Waals surface area (Å²) in [6.45, 7) is 2.23. The minimum Gasteiger partial charge on any atom is -0.442 e. The Morgan fingerprint density at radius 1 is 1.17 bits per heavy atom. The van der Waals surface area contributed by atoms with Gasteiger partial charge in [-0.05, 0) is 36.4 Å². The summed E-state index contributed by atoms with van der Waals surface area (Å²) in [5.74, 6) is -0.228. The third-order valence-corrected chi connectivity index (χ3v) is 5.95. The predicted octanol–water partition coefficient (Wildman–Crippen LogP) is 2.09. The highest BCUT2D eigenvalue weighted by Gasteiger charge is 2.32. The molecule has 1 aromatic carbocycles. The Kier molecular flexibility index (Phi) is 5.70. The van der Waals surface area contributed by atoms with Crippen molar-refractivity contribution in [2.24, 2.45) is 0 Å². The highest BCUT2D eigenvalue weighted by Crippen LogP contribution is 2.25. The van der Waals surface area contributed by atoms with Gasteiger partial charge in [0.1, 0.15) is 6.10 Å². The summed E-state index contributed by atoms with van der Waals surface area (Å²) in [4.78, 5) is 40.1. The molecular weight excluding hydrogens is 416 g/mol. The number of carbonyl (C=O) groups is 3. The SMILES string of the molecule is O=C(NC[C@H]1CN(c2ccc(N3CCNCC3=O)cc2)C(=O)O1)c1ccc(Cl)s1. The number of amides is 3. The quantitative estimate of drug-likeness (QED) is 0.752. The molecule has 152 valence electrons. The molecule has 0 unspecified atom stereocenters. The van der Waals surface area contributed by atoms with Crippen molar-refractivity contribution >= 4 is 52.2 Å². The normalized spacial score (nSPS) is 19.4. The third kappa shape index (κ3) is 4.36. The Morgan fingerprint density at radius 2 is 1.90 bits per heavy atom. The summed E-state index contributed by atoms with van der Waals surface area (Å²) in [6, 6.07) is 10.5. The molecule has 2 saturated heterocycles. The maximum atomic E-state index is 12.2. The molecular formula is C19H19ClN4O4S. The molecule has 2 fully saturated rings. The van der Waals surface area contributed by atoms with Gasteiger partial charge in [-0.2, -0.15) is 0 Å². The molecule has 2 aliphatic rings. The van der Waals surface area contributed by atoms with Crippen molar-refractivity contribution in [1.82, 2.24) is 10.6 Å². The Balaban J connectivity index is 1.35. The highest BCUT2D eigenvalue weighted by atomic mass is 35.5. The van der Waals surface area contributed by atoms with Crippen LogP contribution in [0.25, 0.3) is 0 Å². The van der Waals surface area contributed by atoms with Crippen LogP contribution in [-0.4, -0.2) is 56.7 Å². The first-order valence-corrected chi connectivity index (χ1v) is 10.3. The molecule has 3 amide bonds. The summed E-state index contributed by atoms with van der Waals surface area (Å²) in [5.41, 5.74) is 1.48. The standard InChI is InChI=1S/C19H19ClN4O4S/c20-16-6-5-15(29-16)18(26)22-9-14-11-24(19(27)28-14)13-3-1-12(2-4-13)23-8-7-21-10-17(23)25/h1-6,14,21H,7-11H2,(H,22,26)/t14-/m0/s1. The number of halogens is 1. The first-order valence-electron chi connectivity index (χ1n) is 9.14. The number of piperazine rings is 1. The van der Waals surface area contributed by atoms with Crippen molar-refractivity contribution < 1.29 is 19.1 Å². The molecule has 0 bridgehead atoms. The number of rotatable bonds is 5. The topological polar surface area (TPSA) is 91.0 Å². The van der Waals surface area contributed by atoms with E-state index in [1.807, 2.05) is 12.1 Å². The summed E-state index contributed by atoms with van der Waals surface area (Å²) >= 11 is 7.04. The van der Waals surface area contributed by atoms with E-state index in [0.29, 0.717) is 34.5 Å².